The molecule has 10 heteroatoms. The van der Waals surface area contributed by atoms with Crippen molar-refractivity contribution < 1.29 is 22.7 Å². The maximum absolute atomic E-state index is 14.4. The van der Waals surface area contributed by atoms with E-state index in [9.17, 15) is 18.0 Å². The van der Waals surface area contributed by atoms with Crippen LogP contribution in [0.5, 0.6) is 5.75 Å². The molecule has 0 aliphatic carbocycles. The number of nitrogens with zero attached hydrogens (tertiary/aromatic N) is 2. The minimum atomic E-state index is -4.19. The molecule has 0 aromatic heterocycles. The zero-order valence-electron chi connectivity index (χ0n) is 24.7. The summed E-state index contributed by atoms with van der Waals surface area (Å²) in [5.74, 6) is -0.256. The first-order chi connectivity index (χ1) is 21.2. The van der Waals surface area contributed by atoms with E-state index in [0.29, 0.717) is 24.6 Å². The van der Waals surface area contributed by atoms with Crippen molar-refractivity contribution in [3.8, 4) is 5.75 Å². The van der Waals surface area contributed by atoms with Gasteiger partial charge >= 0.3 is 0 Å². The summed E-state index contributed by atoms with van der Waals surface area (Å²) in [6.07, 6.45) is 0.258. The zero-order valence-corrected chi connectivity index (χ0v) is 27.1. The molecule has 0 saturated heterocycles. The maximum Gasteiger partial charge on any atom is 0.264 e. The van der Waals surface area contributed by atoms with Gasteiger partial charge in [-0.05, 0) is 73.5 Å². The van der Waals surface area contributed by atoms with Crippen LogP contribution in [0.2, 0.25) is 0 Å². The predicted molar refractivity (Wildman–Crippen MR) is 176 cm³/mol. The van der Waals surface area contributed by atoms with E-state index < -0.39 is 28.5 Å². The Morgan fingerprint density at radius 3 is 1.98 bits per heavy atom. The summed E-state index contributed by atoms with van der Waals surface area (Å²) in [6.45, 7) is 4.11. The normalized spacial score (nSPS) is 11.8. The van der Waals surface area contributed by atoms with Crippen LogP contribution in [-0.2, 0) is 32.6 Å². The van der Waals surface area contributed by atoms with Gasteiger partial charge in [0.15, 0.2) is 0 Å². The molecule has 0 aliphatic heterocycles. The largest absolute Gasteiger partial charge is 0.494 e. The van der Waals surface area contributed by atoms with Gasteiger partial charge in [-0.1, -0.05) is 76.6 Å². The number of ether oxygens (including phenoxy) is 1. The van der Waals surface area contributed by atoms with Gasteiger partial charge in [0, 0.05) is 24.0 Å². The lowest BCUT2D eigenvalue weighted by Gasteiger charge is -2.33. The van der Waals surface area contributed by atoms with Gasteiger partial charge in [-0.15, -0.1) is 0 Å². The Labute approximate surface area is 267 Å². The van der Waals surface area contributed by atoms with Crippen LogP contribution in [0.25, 0.3) is 0 Å². The maximum atomic E-state index is 14.4. The highest BCUT2D eigenvalue weighted by Crippen LogP contribution is 2.28. The molecule has 1 atom stereocenters. The molecule has 230 valence electrons. The van der Waals surface area contributed by atoms with Gasteiger partial charge in [-0.25, -0.2) is 8.42 Å². The van der Waals surface area contributed by atoms with E-state index in [-0.39, 0.29) is 23.8 Å². The summed E-state index contributed by atoms with van der Waals surface area (Å²) >= 11 is 3.36. The standard InChI is InChI=1S/C34H36BrN3O5S/c1-3-36-34(40)32(23-26-11-7-5-8-12-26)37(24-27-13-9-6-10-14-27)33(39)25-38(29-17-19-30(20-18-29)43-4-2)44(41,42)31-21-15-28(35)16-22-31/h5-22,32H,3-4,23-25H2,1-2H3,(H,36,40)/t32-/m1/s1. The van der Waals surface area contributed by atoms with Crippen LogP contribution in [0.15, 0.2) is 119 Å². The molecule has 2 amide bonds. The van der Waals surface area contributed by atoms with Crippen molar-refractivity contribution >= 4 is 43.5 Å². The Balaban J connectivity index is 1.78. The number of amides is 2. The van der Waals surface area contributed by atoms with Crippen LogP contribution >= 0.6 is 15.9 Å². The van der Waals surface area contributed by atoms with Crippen molar-refractivity contribution in [3.63, 3.8) is 0 Å². The van der Waals surface area contributed by atoms with E-state index in [4.69, 9.17) is 4.74 Å². The highest BCUT2D eigenvalue weighted by Gasteiger charge is 2.34. The van der Waals surface area contributed by atoms with Crippen molar-refractivity contribution in [3.05, 3.63) is 125 Å². The molecule has 4 aromatic carbocycles. The first-order valence-corrected chi connectivity index (χ1v) is 16.6. The van der Waals surface area contributed by atoms with E-state index >= 15 is 0 Å². The van der Waals surface area contributed by atoms with Crippen LogP contribution in [-0.4, -0.2) is 50.9 Å². The Hall–Kier alpha value is -4.15. The number of anilines is 1. The number of likely N-dealkylation sites (N-methyl/N-ethyl adjacent to an activating group) is 1. The van der Waals surface area contributed by atoms with Crippen molar-refractivity contribution in [2.45, 2.75) is 37.8 Å². The van der Waals surface area contributed by atoms with Crippen LogP contribution in [0, 0.1) is 0 Å². The van der Waals surface area contributed by atoms with Crippen LogP contribution in [0.4, 0.5) is 5.69 Å². The lowest BCUT2D eigenvalue weighted by atomic mass is 10.0. The van der Waals surface area contributed by atoms with Crippen LogP contribution in [0.3, 0.4) is 0 Å². The Morgan fingerprint density at radius 1 is 0.818 bits per heavy atom. The molecule has 0 bridgehead atoms. The first-order valence-electron chi connectivity index (χ1n) is 14.4. The molecule has 4 rings (SSSR count). The van der Waals surface area contributed by atoms with Gasteiger partial charge in [-0.3, -0.25) is 13.9 Å². The molecule has 0 spiro atoms. The molecule has 4 aromatic rings. The monoisotopic (exact) mass is 677 g/mol. The van der Waals surface area contributed by atoms with Gasteiger partial charge in [0.25, 0.3) is 10.0 Å². The number of carbonyl (C=O) groups is 2. The fraction of sp³-hybridized carbons (Fsp3) is 0.235. The van der Waals surface area contributed by atoms with Gasteiger partial charge in [0.05, 0.1) is 17.2 Å². The highest BCUT2D eigenvalue weighted by atomic mass is 79.9. The third-order valence-corrected chi connectivity index (χ3v) is 9.25. The fourth-order valence-corrected chi connectivity index (χ4v) is 6.44. The Morgan fingerprint density at radius 2 is 1.41 bits per heavy atom. The van der Waals surface area contributed by atoms with E-state index in [0.717, 1.165) is 19.9 Å². The third-order valence-electron chi connectivity index (χ3n) is 6.93. The van der Waals surface area contributed by atoms with Gasteiger partial charge in [0.2, 0.25) is 11.8 Å². The molecule has 0 fully saturated rings. The molecule has 0 aliphatic rings. The fourth-order valence-electron chi connectivity index (χ4n) is 4.76. The van der Waals surface area contributed by atoms with E-state index in [1.807, 2.05) is 74.5 Å². The van der Waals surface area contributed by atoms with Crippen LogP contribution < -0.4 is 14.4 Å². The summed E-state index contributed by atoms with van der Waals surface area (Å²) in [7, 11) is -4.19. The molecule has 0 radical (unpaired) electrons. The Bertz CT molecular complexity index is 1620. The first kappa shape index (κ1) is 32.8. The van der Waals surface area contributed by atoms with E-state index in [1.54, 1.807) is 36.4 Å². The highest BCUT2D eigenvalue weighted by molar-refractivity contribution is 9.10. The summed E-state index contributed by atoms with van der Waals surface area (Å²) in [6, 6.07) is 30.7. The zero-order chi connectivity index (χ0) is 31.5. The van der Waals surface area contributed by atoms with Crippen LogP contribution in [0.1, 0.15) is 25.0 Å². The second-order valence-corrected chi connectivity index (χ2v) is 12.8. The smallest absolute Gasteiger partial charge is 0.264 e. The number of benzene rings is 4. The predicted octanol–water partition coefficient (Wildman–Crippen LogP) is 5.82. The van der Waals surface area contributed by atoms with Crippen molar-refractivity contribution in [2.24, 2.45) is 0 Å². The minimum absolute atomic E-state index is 0.0292. The number of nitrogens with one attached hydrogen (secondary N) is 1. The topological polar surface area (TPSA) is 96.0 Å². The summed E-state index contributed by atoms with van der Waals surface area (Å²) in [5.41, 5.74) is 1.98. The van der Waals surface area contributed by atoms with Gasteiger partial charge in [0.1, 0.15) is 18.3 Å². The average Bonchev–Trinajstić information content (AvgIpc) is 3.03. The molecular weight excluding hydrogens is 642 g/mol. The van der Waals surface area contributed by atoms with Crippen molar-refractivity contribution in [1.29, 1.82) is 0 Å². The third kappa shape index (κ3) is 8.48. The molecule has 44 heavy (non-hydrogen) atoms. The van der Waals surface area contributed by atoms with Gasteiger partial charge < -0.3 is 15.0 Å². The number of sulfonamides is 1. The number of halogens is 1. The average molecular weight is 679 g/mol. The summed E-state index contributed by atoms with van der Waals surface area (Å²) < 4.78 is 35.6. The second-order valence-electron chi connectivity index (χ2n) is 10.00. The molecule has 8 nitrogen and oxygen atoms in total. The lowest BCUT2D eigenvalue weighted by molar-refractivity contribution is -0.140. The number of carbonyl (C=O) groups excluding carboxylic acids is 2. The quantitative estimate of drug-likeness (QED) is 0.182. The lowest BCUT2D eigenvalue weighted by Crippen LogP contribution is -2.53. The Kier molecular flexibility index (Phi) is 11.6. The van der Waals surface area contributed by atoms with E-state index in [2.05, 4.69) is 21.2 Å². The molecular formula is C34H36BrN3O5S. The molecule has 0 saturated carbocycles. The second kappa shape index (κ2) is 15.5. The molecule has 0 heterocycles. The van der Waals surface area contributed by atoms with E-state index in [1.165, 1.54) is 17.0 Å². The summed E-state index contributed by atoms with van der Waals surface area (Å²) in [5, 5.41) is 2.87. The van der Waals surface area contributed by atoms with Crippen molar-refractivity contribution in [1.82, 2.24) is 10.2 Å². The molecule has 0 unspecified atom stereocenters. The number of hydrogen-bond acceptors (Lipinski definition) is 5. The minimum Gasteiger partial charge on any atom is -0.494 e. The molecule has 1 N–H and O–H groups in total. The van der Waals surface area contributed by atoms with Gasteiger partial charge in [-0.2, -0.15) is 0 Å². The SMILES string of the molecule is CCNC(=O)[C@@H](Cc1ccccc1)N(Cc1ccccc1)C(=O)CN(c1ccc(OCC)cc1)S(=O)(=O)c1ccc(Br)cc1. The summed E-state index contributed by atoms with van der Waals surface area (Å²) in [4.78, 5) is 29.4. The number of rotatable bonds is 14. The van der Waals surface area contributed by atoms with Crippen molar-refractivity contribution in [2.75, 3.05) is 24.0 Å². The number of hydrogen-bond donors (Lipinski definition) is 1.